The molecule has 1 rings (SSSR count). The van der Waals surface area contributed by atoms with E-state index in [0.717, 1.165) is 5.56 Å². The highest BCUT2D eigenvalue weighted by atomic mass is 35.5. The average molecular weight is 271 g/mol. The molecule has 100 valence electrons. The van der Waals surface area contributed by atoms with Gasteiger partial charge in [0.1, 0.15) is 5.75 Å². The monoisotopic (exact) mass is 270 g/mol. The summed E-state index contributed by atoms with van der Waals surface area (Å²) >= 11 is 5.84. The van der Waals surface area contributed by atoms with Crippen LogP contribution in [-0.4, -0.2) is 36.6 Å². The van der Waals surface area contributed by atoms with Crippen LogP contribution in [0.5, 0.6) is 5.75 Å². The van der Waals surface area contributed by atoms with Crippen LogP contribution in [0.2, 0.25) is 5.02 Å². The number of aromatic hydroxyl groups is 1. The molecule has 0 radical (unpaired) electrons. The lowest BCUT2D eigenvalue weighted by Gasteiger charge is -2.21. The van der Waals surface area contributed by atoms with Crippen molar-refractivity contribution in [3.8, 4) is 5.75 Å². The van der Waals surface area contributed by atoms with Crippen molar-refractivity contribution in [2.75, 3.05) is 20.6 Å². The highest BCUT2D eigenvalue weighted by molar-refractivity contribution is 6.32. The van der Waals surface area contributed by atoms with Crippen molar-refractivity contribution in [3.63, 3.8) is 0 Å². The molecule has 5 heteroatoms. The Morgan fingerprint density at radius 1 is 1.56 bits per heavy atom. The van der Waals surface area contributed by atoms with Gasteiger partial charge in [-0.2, -0.15) is 0 Å². The highest BCUT2D eigenvalue weighted by Crippen LogP contribution is 2.27. The van der Waals surface area contributed by atoms with Crippen LogP contribution in [0.25, 0.3) is 0 Å². The van der Waals surface area contributed by atoms with Gasteiger partial charge in [0.05, 0.1) is 5.02 Å². The minimum Gasteiger partial charge on any atom is -0.506 e. The number of carbonyl (C=O) groups excluding carboxylic acids is 1. The molecular formula is C13H19ClN2O2. The van der Waals surface area contributed by atoms with E-state index in [1.54, 1.807) is 19.2 Å². The molecule has 0 bridgehead atoms. The van der Waals surface area contributed by atoms with Crippen molar-refractivity contribution in [2.24, 2.45) is 5.92 Å². The second-order valence-corrected chi connectivity index (χ2v) is 4.87. The van der Waals surface area contributed by atoms with Gasteiger partial charge in [-0.1, -0.05) is 30.7 Å². The summed E-state index contributed by atoms with van der Waals surface area (Å²) in [6.45, 7) is 3.03. The summed E-state index contributed by atoms with van der Waals surface area (Å²) in [7, 11) is 3.53. The summed E-state index contributed by atoms with van der Waals surface area (Å²) in [4.78, 5) is 13.4. The van der Waals surface area contributed by atoms with Crippen molar-refractivity contribution >= 4 is 17.5 Å². The largest absolute Gasteiger partial charge is 0.506 e. The van der Waals surface area contributed by atoms with Crippen LogP contribution in [0.15, 0.2) is 18.2 Å². The zero-order valence-corrected chi connectivity index (χ0v) is 11.7. The Labute approximate surface area is 113 Å². The maximum Gasteiger partial charge on any atom is 0.223 e. The van der Waals surface area contributed by atoms with E-state index in [4.69, 9.17) is 11.6 Å². The maximum absolute atomic E-state index is 11.4. The van der Waals surface area contributed by atoms with Crippen molar-refractivity contribution in [2.45, 2.75) is 13.5 Å². The summed E-state index contributed by atoms with van der Waals surface area (Å²) in [6, 6.07) is 5.27. The molecule has 0 heterocycles. The summed E-state index contributed by atoms with van der Waals surface area (Å²) in [6.07, 6.45) is 0. The fourth-order valence-electron chi connectivity index (χ4n) is 1.84. The number of hydrogen-bond acceptors (Lipinski definition) is 3. The third kappa shape index (κ3) is 3.89. The molecule has 0 aliphatic heterocycles. The minimum absolute atomic E-state index is 0.0113. The van der Waals surface area contributed by atoms with Crippen molar-refractivity contribution in [3.05, 3.63) is 28.8 Å². The molecule has 0 aromatic heterocycles. The Hall–Kier alpha value is -1.26. The van der Waals surface area contributed by atoms with Crippen molar-refractivity contribution in [1.29, 1.82) is 0 Å². The SMILES string of the molecule is CNC(=O)C(C)CN(C)Cc1cccc(Cl)c1O. The maximum atomic E-state index is 11.4. The predicted molar refractivity (Wildman–Crippen MR) is 72.7 cm³/mol. The highest BCUT2D eigenvalue weighted by Gasteiger charge is 2.15. The van der Waals surface area contributed by atoms with Crippen LogP contribution in [0.4, 0.5) is 0 Å². The van der Waals surface area contributed by atoms with E-state index in [9.17, 15) is 9.90 Å². The number of carbonyl (C=O) groups is 1. The molecule has 18 heavy (non-hydrogen) atoms. The molecule has 1 unspecified atom stereocenters. The molecule has 0 fully saturated rings. The lowest BCUT2D eigenvalue weighted by molar-refractivity contribution is -0.124. The number of hydrogen-bond donors (Lipinski definition) is 2. The van der Waals surface area contributed by atoms with E-state index in [-0.39, 0.29) is 17.6 Å². The number of amides is 1. The number of benzene rings is 1. The fourth-order valence-corrected chi connectivity index (χ4v) is 2.03. The summed E-state index contributed by atoms with van der Waals surface area (Å²) in [5, 5.41) is 12.8. The van der Waals surface area contributed by atoms with E-state index in [1.807, 2.05) is 24.9 Å². The molecule has 0 saturated heterocycles. The molecule has 1 aromatic carbocycles. The molecule has 0 aliphatic carbocycles. The Morgan fingerprint density at radius 2 is 2.22 bits per heavy atom. The van der Waals surface area contributed by atoms with Crippen LogP contribution in [0.1, 0.15) is 12.5 Å². The van der Waals surface area contributed by atoms with Gasteiger partial charge in [-0.25, -0.2) is 0 Å². The first-order valence-corrected chi connectivity index (χ1v) is 6.20. The number of rotatable bonds is 5. The Bertz CT molecular complexity index is 423. The van der Waals surface area contributed by atoms with Gasteiger partial charge in [0, 0.05) is 31.6 Å². The minimum atomic E-state index is -0.0960. The quantitative estimate of drug-likeness (QED) is 0.859. The number of nitrogens with one attached hydrogen (secondary N) is 1. The molecule has 1 amide bonds. The van der Waals surface area contributed by atoms with Crippen LogP contribution in [0.3, 0.4) is 0 Å². The van der Waals surface area contributed by atoms with E-state index in [1.165, 1.54) is 0 Å². The zero-order valence-electron chi connectivity index (χ0n) is 10.9. The first-order valence-electron chi connectivity index (χ1n) is 5.82. The van der Waals surface area contributed by atoms with Gasteiger partial charge in [-0.3, -0.25) is 4.79 Å². The Balaban J connectivity index is 2.62. The van der Waals surface area contributed by atoms with Gasteiger partial charge >= 0.3 is 0 Å². The van der Waals surface area contributed by atoms with Gasteiger partial charge in [0.2, 0.25) is 5.91 Å². The van der Waals surface area contributed by atoms with Gasteiger partial charge < -0.3 is 15.3 Å². The summed E-state index contributed by atoms with van der Waals surface area (Å²) in [5.74, 6) is 0.0251. The fraction of sp³-hybridized carbons (Fsp3) is 0.462. The van der Waals surface area contributed by atoms with Crippen LogP contribution in [0, 0.1) is 5.92 Å². The molecule has 4 nitrogen and oxygen atoms in total. The second kappa shape index (κ2) is 6.61. The molecule has 0 aliphatic rings. The molecule has 0 spiro atoms. The number of para-hydroxylation sites is 1. The first-order chi connectivity index (χ1) is 8.45. The van der Waals surface area contributed by atoms with Crippen LogP contribution >= 0.6 is 11.6 Å². The molecule has 1 atom stereocenters. The summed E-state index contributed by atoms with van der Waals surface area (Å²) < 4.78 is 0. The van der Waals surface area contributed by atoms with Gasteiger partial charge in [0.25, 0.3) is 0 Å². The van der Waals surface area contributed by atoms with E-state index in [0.29, 0.717) is 18.1 Å². The van der Waals surface area contributed by atoms with Crippen molar-refractivity contribution in [1.82, 2.24) is 10.2 Å². The Kier molecular flexibility index (Phi) is 5.44. The number of phenolic OH excluding ortho intramolecular Hbond substituents is 1. The smallest absolute Gasteiger partial charge is 0.223 e. The molecule has 1 aromatic rings. The van der Waals surface area contributed by atoms with E-state index >= 15 is 0 Å². The van der Waals surface area contributed by atoms with E-state index < -0.39 is 0 Å². The number of halogens is 1. The average Bonchev–Trinajstić information content (AvgIpc) is 2.33. The van der Waals surface area contributed by atoms with Crippen LogP contribution in [-0.2, 0) is 11.3 Å². The lowest BCUT2D eigenvalue weighted by Crippen LogP contribution is -2.34. The molecule has 2 N–H and O–H groups in total. The molecular weight excluding hydrogens is 252 g/mol. The van der Waals surface area contributed by atoms with Gasteiger partial charge in [0.15, 0.2) is 0 Å². The van der Waals surface area contributed by atoms with E-state index in [2.05, 4.69) is 5.32 Å². The second-order valence-electron chi connectivity index (χ2n) is 4.46. The zero-order chi connectivity index (χ0) is 13.7. The normalized spacial score (nSPS) is 12.5. The lowest BCUT2D eigenvalue weighted by atomic mass is 10.1. The van der Waals surface area contributed by atoms with Gasteiger partial charge in [-0.15, -0.1) is 0 Å². The standard InChI is InChI=1S/C13H19ClN2O2/c1-9(13(18)15-2)7-16(3)8-10-5-4-6-11(14)12(10)17/h4-6,9,17H,7-8H2,1-3H3,(H,15,18). The molecule has 0 saturated carbocycles. The predicted octanol–water partition coefficient (Wildman–Crippen LogP) is 1.86. The topological polar surface area (TPSA) is 52.6 Å². The summed E-state index contributed by atoms with van der Waals surface area (Å²) in [5.41, 5.74) is 0.758. The Morgan fingerprint density at radius 3 is 2.83 bits per heavy atom. The number of nitrogens with zero attached hydrogens (tertiary/aromatic N) is 1. The number of phenols is 1. The van der Waals surface area contributed by atoms with Crippen molar-refractivity contribution < 1.29 is 9.90 Å². The van der Waals surface area contributed by atoms with Gasteiger partial charge in [-0.05, 0) is 13.1 Å². The van der Waals surface area contributed by atoms with Crippen LogP contribution < -0.4 is 5.32 Å². The first kappa shape index (κ1) is 14.8. The third-order valence-electron chi connectivity index (χ3n) is 2.79. The third-order valence-corrected chi connectivity index (χ3v) is 3.10.